The first kappa shape index (κ1) is 22.8. The SMILES string of the molecule is c1ccc(N2c3c(ccc4c3Sc3ccccc3N4c3ccc4ccccc4c3)-c3cccc4cccc2c34)cc1. The van der Waals surface area contributed by atoms with Crippen LogP contribution in [0.25, 0.3) is 32.7 Å². The molecule has 0 aromatic heterocycles. The van der Waals surface area contributed by atoms with E-state index >= 15 is 0 Å². The molecule has 0 amide bonds. The number of nitrogens with zero attached hydrogens (tertiary/aromatic N) is 2. The molecular weight excluding hydrogens is 516 g/mol. The maximum absolute atomic E-state index is 2.48. The van der Waals surface area contributed by atoms with E-state index in [9.17, 15) is 0 Å². The average molecular weight is 541 g/mol. The van der Waals surface area contributed by atoms with Crippen LogP contribution in [-0.4, -0.2) is 0 Å². The summed E-state index contributed by atoms with van der Waals surface area (Å²) >= 11 is 1.88. The minimum atomic E-state index is 1.17. The van der Waals surface area contributed by atoms with Gasteiger partial charge in [0, 0.05) is 27.2 Å². The van der Waals surface area contributed by atoms with Crippen molar-refractivity contribution in [2.45, 2.75) is 9.79 Å². The van der Waals surface area contributed by atoms with Crippen molar-refractivity contribution in [3.63, 3.8) is 0 Å². The largest absolute Gasteiger partial charge is 0.308 e. The van der Waals surface area contributed by atoms with E-state index in [1.54, 1.807) is 0 Å². The summed E-state index contributed by atoms with van der Waals surface area (Å²) in [6.45, 7) is 0. The molecule has 41 heavy (non-hydrogen) atoms. The molecule has 0 saturated heterocycles. The highest BCUT2D eigenvalue weighted by Gasteiger charge is 2.34. The van der Waals surface area contributed by atoms with Crippen LogP contribution in [0.2, 0.25) is 0 Å². The molecule has 0 aliphatic carbocycles. The molecule has 2 nitrogen and oxygen atoms in total. The fraction of sp³-hybridized carbons (Fsp3) is 0. The predicted octanol–water partition coefficient (Wildman–Crippen LogP) is 11.4. The summed E-state index contributed by atoms with van der Waals surface area (Å²) in [6.07, 6.45) is 0. The zero-order valence-electron chi connectivity index (χ0n) is 22.2. The van der Waals surface area contributed by atoms with Gasteiger partial charge in [0.15, 0.2) is 0 Å². The normalized spacial score (nSPS) is 13.2. The van der Waals surface area contributed by atoms with Gasteiger partial charge in [0.2, 0.25) is 0 Å². The number of fused-ring (bicyclic) bond motifs is 6. The summed E-state index contributed by atoms with van der Waals surface area (Å²) in [6, 6.07) is 53.0. The van der Waals surface area contributed by atoms with Crippen LogP contribution in [0.1, 0.15) is 0 Å². The minimum Gasteiger partial charge on any atom is -0.308 e. The van der Waals surface area contributed by atoms with Crippen molar-refractivity contribution < 1.29 is 0 Å². The third kappa shape index (κ3) is 3.33. The van der Waals surface area contributed by atoms with E-state index in [2.05, 4.69) is 155 Å². The van der Waals surface area contributed by atoms with E-state index in [1.807, 2.05) is 11.8 Å². The first-order valence-electron chi connectivity index (χ1n) is 14.0. The van der Waals surface area contributed by atoms with E-state index in [4.69, 9.17) is 0 Å². The van der Waals surface area contributed by atoms with Crippen LogP contribution in [0.5, 0.6) is 0 Å². The lowest BCUT2D eigenvalue weighted by atomic mass is 9.90. The van der Waals surface area contributed by atoms with Gasteiger partial charge in [-0.2, -0.15) is 0 Å². The number of hydrogen-bond acceptors (Lipinski definition) is 3. The quantitative estimate of drug-likeness (QED) is 0.215. The van der Waals surface area contributed by atoms with Crippen LogP contribution < -0.4 is 9.80 Å². The number of anilines is 6. The van der Waals surface area contributed by atoms with Crippen molar-refractivity contribution in [3.8, 4) is 11.1 Å². The molecule has 192 valence electrons. The Morgan fingerprint density at radius 2 is 1.15 bits per heavy atom. The van der Waals surface area contributed by atoms with Gasteiger partial charge < -0.3 is 9.80 Å². The van der Waals surface area contributed by atoms with Gasteiger partial charge in [-0.05, 0) is 70.3 Å². The molecular formula is C38H24N2S. The number of hydrogen-bond donors (Lipinski definition) is 0. The van der Waals surface area contributed by atoms with Gasteiger partial charge in [0.1, 0.15) is 0 Å². The molecule has 0 saturated carbocycles. The molecule has 7 aromatic rings. The molecule has 0 fully saturated rings. The summed E-state index contributed by atoms with van der Waals surface area (Å²) in [5.74, 6) is 0. The molecule has 0 unspecified atom stereocenters. The molecule has 9 rings (SSSR count). The number of benzene rings is 7. The van der Waals surface area contributed by atoms with Gasteiger partial charge in [-0.25, -0.2) is 0 Å². The molecule has 0 radical (unpaired) electrons. The Kier molecular flexibility index (Phi) is 4.87. The topological polar surface area (TPSA) is 6.48 Å². The van der Waals surface area contributed by atoms with E-state index in [0.29, 0.717) is 0 Å². The standard InChI is InChI=1S/C38H24N2S/c1-2-14-28(15-3-1)40-33-18-9-13-26-12-8-16-30(36(26)33)31-22-23-34-38(37(31)40)41-35-19-7-6-17-32(35)39(34)29-21-20-25-10-4-5-11-27(25)24-29/h1-24H. The second kappa shape index (κ2) is 8.76. The fourth-order valence-electron chi connectivity index (χ4n) is 6.54. The van der Waals surface area contributed by atoms with Crippen LogP contribution in [-0.2, 0) is 0 Å². The highest BCUT2D eigenvalue weighted by atomic mass is 32.2. The lowest BCUT2D eigenvalue weighted by Gasteiger charge is -2.39. The molecule has 0 bridgehead atoms. The predicted molar refractivity (Wildman–Crippen MR) is 174 cm³/mol. The van der Waals surface area contributed by atoms with Crippen molar-refractivity contribution >= 4 is 67.4 Å². The van der Waals surface area contributed by atoms with Crippen LogP contribution >= 0.6 is 11.8 Å². The van der Waals surface area contributed by atoms with Crippen LogP contribution in [0.15, 0.2) is 155 Å². The van der Waals surface area contributed by atoms with E-state index in [0.717, 1.165) is 0 Å². The summed E-state index contributed by atoms with van der Waals surface area (Å²) in [5.41, 5.74) is 9.78. The Labute approximate surface area is 243 Å². The van der Waals surface area contributed by atoms with Crippen molar-refractivity contribution in [3.05, 3.63) is 146 Å². The maximum atomic E-state index is 2.48. The number of para-hydroxylation sites is 2. The maximum Gasteiger partial charge on any atom is 0.0701 e. The fourth-order valence-corrected chi connectivity index (χ4v) is 7.73. The smallest absolute Gasteiger partial charge is 0.0701 e. The molecule has 0 N–H and O–H groups in total. The summed E-state index contributed by atoms with van der Waals surface area (Å²) in [7, 11) is 0. The number of rotatable bonds is 2. The molecule has 7 aromatic carbocycles. The van der Waals surface area contributed by atoms with Gasteiger partial charge in [0.25, 0.3) is 0 Å². The summed E-state index contributed by atoms with van der Waals surface area (Å²) < 4.78 is 0. The molecule has 2 aliphatic heterocycles. The Hall–Kier alpha value is -4.99. The van der Waals surface area contributed by atoms with Crippen molar-refractivity contribution in [1.29, 1.82) is 0 Å². The van der Waals surface area contributed by atoms with Crippen molar-refractivity contribution in [2.75, 3.05) is 9.80 Å². The Morgan fingerprint density at radius 3 is 2.05 bits per heavy atom. The van der Waals surface area contributed by atoms with Gasteiger partial charge in [-0.3, -0.25) is 0 Å². The molecule has 3 heteroatoms. The Balaban J connectivity index is 1.37. The Morgan fingerprint density at radius 1 is 0.415 bits per heavy atom. The van der Waals surface area contributed by atoms with Crippen LogP contribution in [0.4, 0.5) is 34.1 Å². The molecule has 0 spiro atoms. The monoisotopic (exact) mass is 540 g/mol. The highest BCUT2D eigenvalue weighted by Crippen LogP contribution is 2.61. The Bertz CT molecular complexity index is 2150. The molecule has 2 aliphatic rings. The minimum absolute atomic E-state index is 1.17. The third-order valence-corrected chi connectivity index (χ3v) is 9.48. The lowest BCUT2D eigenvalue weighted by molar-refractivity contribution is 1.14. The first-order valence-corrected chi connectivity index (χ1v) is 14.8. The van der Waals surface area contributed by atoms with E-state index < -0.39 is 0 Å². The van der Waals surface area contributed by atoms with E-state index in [-0.39, 0.29) is 0 Å². The zero-order valence-corrected chi connectivity index (χ0v) is 23.0. The lowest BCUT2D eigenvalue weighted by Crippen LogP contribution is -2.20. The zero-order chi connectivity index (χ0) is 26.9. The van der Waals surface area contributed by atoms with Crippen molar-refractivity contribution in [1.82, 2.24) is 0 Å². The van der Waals surface area contributed by atoms with Gasteiger partial charge in [0.05, 0.1) is 27.6 Å². The first-order chi connectivity index (χ1) is 20.3. The second-order valence-corrected chi connectivity index (χ2v) is 11.7. The summed E-state index contributed by atoms with van der Waals surface area (Å²) in [5, 5.41) is 5.06. The van der Waals surface area contributed by atoms with Crippen LogP contribution in [0, 0.1) is 0 Å². The van der Waals surface area contributed by atoms with Crippen LogP contribution in [0.3, 0.4) is 0 Å². The third-order valence-electron chi connectivity index (χ3n) is 8.31. The highest BCUT2D eigenvalue weighted by molar-refractivity contribution is 8.00. The average Bonchev–Trinajstić information content (AvgIpc) is 3.04. The van der Waals surface area contributed by atoms with Gasteiger partial charge in [-0.15, -0.1) is 0 Å². The van der Waals surface area contributed by atoms with Gasteiger partial charge in [-0.1, -0.05) is 109 Å². The van der Waals surface area contributed by atoms with E-state index in [1.165, 1.54) is 76.6 Å². The molecule has 0 atom stereocenters. The second-order valence-electron chi connectivity index (χ2n) is 10.6. The molecule has 2 heterocycles. The summed E-state index contributed by atoms with van der Waals surface area (Å²) in [4.78, 5) is 7.44. The van der Waals surface area contributed by atoms with Crippen molar-refractivity contribution in [2.24, 2.45) is 0 Å². The van der Waals surface area contributed by atoms with Gasteiger partial charge >= 0.3 is 0 Å².